The monoisotopic (exact) mass is 425 g/mol. The van der Waals surface area contributed by atoms with Crippen LogP contribution in [0, 0.1) is 6.92 Å². The van der Waals surface area contributed by atoms with Crippen LogP contribution in [-0.4, -0.2) is 26.6 Å². The number of sulfonamides is 1. The van der Waals surface area contributed by atoms with Crippen molar-refractivity contribution in [1.29, 1.82) is 0 Å². The maximum absolute atomic E-state index is 12.4. The molecule has 0 aliphatic rings. The molecule has 0 radical (unpaired) electrons. The molecule has 1 amide bonds. The van der Waals surface area contributed by atoms with Crippen molar-refractivity contribution in [3.63, 3.8) is 0 Å². The molecule has 0 fully saturated rings. The zero-order valence-corrected chi connectivity index (χ0v) is 16.5. The van der Waals surface area contributed by atoms with E-state index in [0.29, 0.717) is 17.1 Å². The summed E-state index contributed by atoms with van der Waals surface area (Å²) in [6, 6.07) is 11.9. The lowest BCUT2D eigenvalue weighted by Crippen LogP contribution is -2.32. The molecular formula is C17H20BrN3O3S. The molecule has 2 aromatic rings. The standard InChI is InChI=1S/C17H20BrN3O3S/c1-11-7-8-16(15(18)9-11)20-17(22)12(2)19-13-5-4-6-14(10-13)21-25(3,23)24/h4-10,12,19,21H,1-3H3,(H,20,22). The van der Waals surface area contributed by atoms with Gasteiger partial charge in [-0.2, -0.15) is 0 Å². The first kappa shape index (κ1) is 19.3. The second kappa shape index (κ2) is 7.88. The van der Waals surface area contributed by atoms with Gasteiger partial charge in [-0.05, 0) is 65.7 Å². The van der Waals surface area contributed by atoms with Gasteiger partial charge >= 0.3 is 0 Å². The first-order chi connectivity index (χ1) is 11.6. The summed E-state index contributed by atoms with van der Waals surface area (Å²) in [5.74, 6) is -0.203. The first-order valence-corrected chi connectivity index (χ1v) is 10.2. The summed E-state index contributed by atoms with van der Waals surface area (Å²) < 4.78 is 25.8. The lowest BCUT2D eigenvalue weighted by molar-refractivity contribution is -0.116. The lowest BCUT2D eigenvalue weighted by atomic mass is 10.2. The van der Waals surface area contributed by atoms with Crippen molar-refractivity contribution < 1.29 is 13.2 Å². The van der Waals surface area contributed by atoms with E-state index in [1.54, 1.807) is 31.2 Å². The Kier molecular flexibility index (Phi) is 6.07. The molecule has 0 aliphatic carbocycles. The van der Waals surface area contributed by atoms with Gasteiger partial charge in [0.25, 0.3) is 0 Å². The van der Waals surface area contributed by atoms with E-state index in [4.69, 9.17) is 0 Å². The second-order valence-electron chi connectivity index (χ2n) is 5.79. The van der Waals surface area contributed by atoms with Crippen molar-refractivity contribution in [2.24, 2.45) is 0 Å². The Labute approximate surface area is 156 Å². The fourth-order valence-electron chi connectivity index (χ4n) is 2.16. The second-order valence-corrected chi connectivity index (χ2v) is 8.40. The smallest absolute Gasteiger partial charge is 0.246 e. The maximum atomic E-state index is 12.4. The van der Waals surface area contributed by atoms with Crippen molar-refractivity contribution >= 4 is 48.9 Å². The van der Waals surface area contributed by atoms with Gasteiger partial charge in [0, 0.05) is 10.2 Å². The molecule has 0 spiro atoms. The van der Waals surface area contributed by atoms with Crippen LogP contribution < -0.4 is 15.4 Å². The highest BCUT2D eigenvalue weighted by Crippen LogP contribution is 2.24. The molecule has 0 aliphatic heterocycles. The Hall–Kier alpha value is -2.06. The van der Waals surface area contributed by atoms with Gasteiger partial charge in [-0.15, -0.1) is 0 Å². The largest absolute Gasteiger partial charge is 0.374 e. The molecular weight excluding hydrogens is 406 g/mol. The van der Waals surface area contributed by atoms with Crippen LogP contribution in [0.15, 0.2) is 46.9 Å². The molecule has 2 rings (SSSR count). The van der Waals surface area contributed by atoms with Crippen molar-refractivity contribution in [2.45, 2.75) is 19.9 Å². The molecule has 0 heterocycles. The number of aryl methyl sites for hydroxylation is 1. The highest BCUT2D eigenvalue weighted by Gasteiger charge is 2.14. The SMILES string of the molecule is Cc1ccc(NC(=O)C(C)Nc2cccc(NS(C)(=O)=O)c2)c(Br)c1. The lowest BCUT2D eigenvalue weighted by Gasteiger charge is -2.17. The van der Waals surface area contributed by atoms with Crippen LogP contribution in [0.5, 0.6) is 0 Å². The third kappa shape index (κ3) is 6.06. The summed E-state index contributed by atoms with van der Waals surface area (Å²) in [5, 5.41) is 5.91. The van der Waals surface area contributed by atoms with Crippen LogP contribution in [-0.2, 0) is 14.8 Å². The van der Waals surface area contributed by atoms with Gasteiger partial charge in [0.15, 0.2) is 0 Å². The highest BCUT2D eigenvalue weighted by molar-refractivity contribution is 9.10. The number of amides is 1. The molecule has 0 bridgehead atoms. The van der Waals surface area contributed by atoms with Gasteiger partial charge < -0.3 is 10.6 Å². The molecule has 134 valence electrons. The fourth-order valence-corrected chi connectivity index (χ4v) is 3.31. The zero-order chi connectivity index (χ0) is 18.6. The van der Waals surface area contributed by atoms with E-state index in [0.717, 1.165) is 16.3 Å². The van der Waals surface area contributed by atoms with Crippen LogP contribution in [0.2, 0.25) is 0 Å². The van der Waals surface area contributed by atoms with E-state index in [1.165, 1.54) is 0 Å². The number of hydrogen-bond acceptors (Lipinski definition) is 4. The summed E-state index contributed by atoms with van der Waals surface area (Å²) in [4.78, 5) is 12.4. The van der Waals surface area contributed by atoms with E-state index in [9.17, 15) is 13.2 Å². The van der Waals surface area contributed by atoms with Crippen molar-refractivity contribution in [3.05, 3.63) is 52.5 Å². The summed E-state index contributed by atoms with van der Waals surface area (Å²) in [6.45, 7) is 3.70. The van der Waals surface area contributed by atoms with Gasteiger partial charge in [0.05, 0.1) is 17.6 Å². The molecule has 0 aromatic heterocycles. The molecule has 3 N–H and O–H groups in total. The average Bonchev–Trinajstić information content (AvgIpc) is 2.48. The van der Waals surface area contributed by atoms with Crippen LogP contribution in [0.4, 0.5) is 17.1 Å². The highest BCUT2D eigenvalue weighted by atomic mass is 79.9. The minimum atomic E-state index is -3.35. The zero-order valence-electron chi connectivity index (χ0n) is 14.1. The molecule has 8 heteroatoms. The van der Waals surface area contributed by atoms with Crippen LogP contribution in [0.3, 0.4) is 0 Å². The van der Waals surface area contributed by atoms with Gasteiger partial charge in [-0.25, -0.2) is 8.42 Å². The topological polar surface area (TPSA) is 87.3 Å². The molecule has 1 unspecified atom stereocenters. The maximum Gasteiger partial charge on any atom is 0.246 e. The van der Waals surface area contributed by atoms with Crippen molar-refractivity contribution in [1.82, 2.24) is 0 Å². The van der Waals surface area contributed by atoms with Crippen LogP contribution >= 0.6 is 15.9 Å². The molecule has 25 heavy (non-hydrogen) atoms. The Morgan fingerprint density at radius 2 is 1.80 bits per heavy atom. The average molecular weight is 426 g/mol. The van der Waals surface area contributed by atoms with Crippen molar-refractivity contribution in [2.75, 3.05) is 21.6 Å². The van der Waals surface area contributed by atoms with Crippen molar-refractivity contribution in [3.8, 4) is 0 Å². The normalized spacial score (nSPS) is 12.3. The number of hydrogen-bond donors (Lipinski definition) is 3. The van der Waals surface area contributed by atoms with Crippen LogP contribution in [0.25, 0.3) is 0 Å². The number of carbonyl (C=O) groups excluding carboxylic acids is 1. The number of carbonyl (C=O) groups is 1. The van der Waals surface area contributed by atoms with Gasteiger partial charge in [-0.3, -0.25) is 9.52 Å². The Morgan fingerprint density at radius 3 is 2.44 bits per heavy atom. The predicted molar refractivity (Wildman–Crippen MR) is 106 cm³/mol. The molecule has 6 nitrogen and oxygen atoms in total. The predicted octanol–water partition coefficient (Wildman–Crippen LogP) is 3.57. The Bertz CT molecular complexity index is 884. The minimum absolute atomic E-state index is 0.203. The van der Waals surface area contributed by atoms with Gasteiger partial charge in [0.2, 0.25) is 15.9 Å². The molecule has 1 atom stereocenters. The summed E-state index contributed by atoms with van der Waals surface area (Å²) in [6.07, 6.45) is 1.09. The molecule has 0 saturated heterocycles. The number of benzene rings is 2. The van der Waals surface area contributed by atoms with E-state index in [-0.39, 0.29) is 5.91 Å². The summed E-state index contributed by atoms with van der Waals surface area (Å²) >= 11 is 3.43. The summed E-state index contributed by atoms with van der Waals surface area (Å²) in [5.41, 5.74) is 2.85. The van der Waals surface area contributed by atoms with Gasteiger partial charge in [0.1, 0.15) is 6.04 Å². The molecule has 0 saturated carbocycles. The van der Waals surface area contributed by atoms with E-state index in [2.05, 4.69) is 31.3 Å². The van der Waals surface area contributed by atoms with E-state index >= 15 is 0 Å². The number of halogens is 1. The quantitative estimate of drug-likeness (QED) is 0.659. The van der Waals surface area contributed by atoms with Crippen LogP contribution in [0.1, 0.15) is 12.5 Å². The third-order valence-electron chi connectivity index (χ3n) is 3.32. The number of anilines is 3. The van der Waals surface area contributed by atoms with E-state index < -0.39 is 16.1 Å². The van der Waals surface area contributed by atoms with Gasteiger partial charge in [-0.1, -0.05) is 12.1 Å². The minimum Gasteiger partial charge on any atom is -0.374 e. The summed E-state index contributed by atoms with van der Waals surface area (Å²) in [7, 11) is -3.35. The number of nitrogens with one attached hydrogen (secondary N) is 3. The number of rotatable bonds is 6. The molecule has 2 aromatic carbocycles. The van der Waals surface area contributed by atoms with E-state index in [1.807, 2.05) is 25.1 Å². The first-order valence-electron chi connectivity index (χ1n) is 7.55. The third-order valence-corrected chi connectivity index (χ3v) is 4.59. The Morgan fingerprint density at radius 1 is 1.12 bits per heavy atom. The Balaban J connectivity index is 2.04. The fraction of sp³-hybridized carbons (Fsp3) is 0.235.